The first kappa shape index (κ1) is 13.5. The zero-order chi connectivity index (χ0) is 13.7. The van der Waals surface area contributed by atoms with Crippen LogP contribution in [-0.4, -0.2) is 52.4 Å². The van der Waals surface area contributed by atoms with E-state index in [2.05, 4.69) is 14.9 Å². The summed E-state index contributed by atoms with van der Waals surface area (Å²) >= 11 is 0. The first-order valence-electron chi connectivity index (χ1n) is 6.44. The van der Waals surface area contributed by atoms with Gasteiger partial charge in [0.2, 0.25) is 5.88 Å². The molecule has 0 amide bonds. The van der Waals surface area contributed by atoms with Crippen molar-refractivity contribution in [3.63, 3.8) is 0 Å². The van der Waals surface area contributed by atoms with Crippen LogP contribution in [0.15, 0.2) is 14.6 Å². The smallest absolute Gasteiger partial charge is 0.328 e. The van der Waals surface area contributed by atoms with E-state index in [-0.39, 0.29) is 5.56 Å². The van der Waals surface area contributed by atoms with Crippen molar-refractivity contribution in [2.45, 2.75) is 19.3 Å². The summed E-state index contributed by atoms with van der Waals surface area (Å²) in [4.78, 5) is 32.9. The number of nitrogens with zero attached hydrogens (tertiary/aromatic N) is 2. The molecule has 1 aromatic heterocycles. The lowest BCUT2D eigenvalue weighted by molar-refractivity contribution is 0.235. The fourth-order valence-corrected chi connectivity index (χ4v) is 2.14. The molecule has 104 valence electrons. The maximum absolute atomic E-state index is 11.4. The maximum atomic E-state index is 11.4. The van der Waals surface area contributed by atoms with E-state index < -0.39 is 17.1 Å². The van der Waals surface area contributed by atoms with Crippen molar-refractivity contribution in [3.8, 4) is 5.88 Å². The van der Waals surface area contributed by atoms with Crippen LogP contribution in [0, 0.1) is 0 Å². The number of aromatic nitrogens is 2. The number of piperidine rings is 1. The topological polar surface area (TPSA) is 102 Å². The van der Waals surface area contributed by atoms with E-state index >= 15 is 0 Å². The van der Waals surface area contributed by atoms with Gasteiger partial charge in [-0.3, -0.25) is 19.8 Å². The Morgan fingerprint density at radius 3 is 2.63 bits per heavy atom. The number of rotatable bonds is 4. The van der Waals surface area contributed by atoms with Gasteiger partial charge >= 0.3 is 5.69 Å². The lowest BCUT2D eigenvalue weighted by atomic mass is 10.1. The van der Waals surface area contributed by atoms with E-state index in [9.17, 15) is 14.7 Å². The molecule has 1 fully saturated rings. The third-order valence-corrected chi connectivity index (χ3v) is 3.17. The third-order valence-electron chi connectivity index (χ3n) is 3.17. The molecule has 0 aromatic carbocycles. The lowest BCUT2D eigenvalue weighted by Gasteiger charge is -2.25. The summed E-state index contributed by atoms with van der Waals surface area (Å²) in [5.74, 6) is -0.449. The molecule has 1 aromatic rings. The maximum Gasteiger partial charge on any atom is 0.328 e. The summed E-state index contributed by atoms with van der Waals surface area (Å²) in [6.45, 7) is 3.61. The van der Waals surface area contributed by atoms with Crippen LogP contribution in [0.4, 0.5) is 0 Å². The highest BCUT2D eigenvalue weighted by atomic mass is 16.3. The first-order valence-corrected chi connectivity index (χ1v) is 6.44. The van der Waals surface area contributed by atoms with E-state index in [0.29, 0.717) is 6.54 Å². The fraction of sp³-hybridized carbons (Fsp3) is 0.583. The third kappa shape index (κ3) is 3.78. The second-order valence-electron chi connectivity index (χ2n) is 4.61. The van der Waals surface area contributed by atoms with Crippen molar-refractivity contribution in [2.24, 2.45) is 4.99 Å². The molecule has 0 radical (unpaired) electrons. The van der Waals surface area contributed by atoms with Crippen molar-refractivity contribution in [1.82, 2.24) is 14.9 Å². The zero-order valence-electron chi connectivity index (χ0n) is 10.7. The Balaban J connectivity index is 1.92. The molecule has 1 aliphatic rings. The van der Waals surface area contributed by atoms with Gasteiger partial charge in [-0.25, -0.2) is 4.79 Å². The summed E-state index contributed by atoms with van der Waals surface area (Å²) in [7, 11) is 0. The second-order valence-corrected chi connectivity index (χ2v) is 4.61. The molecule has 1 saturated heterocycles. The summed E-state index contributed by atoms with van der Waals surface area (Å²) < 4.78 is 0. The number of aromatic hydroxyl groups is 1. The average Bonchev–Trinajstić information content (AvgIpc) is 2.38. The van der Waals surface area contributed by atoms with Gasteiger partial charge in [0.25, 0.3) is 5.56 Å². The highest BCUT2D eigenvalue weighted by Crippen LogP contribution is 2.07. The zero-order valence-corrected chi connectivity index (χ0v) is 10.7. The van der Waals surface area contributed by atoms with Crippen LogP contribution in [0.2, 0.25) is 0 Å². The minimum atomic E-state index is -0.729. The monoisotopic (exact) mass is 266 g/mol. The average molecular weight is 266 g/mol. The SMILES string of the molecule is O=c1[nH]c(O)c(C=NCCN2CCCCC2)c(=O)[nH]1. The molecule has 7 heteroatoms. The number of aliphatic imine (C=N–C) groups is 1. The van der Waals surface area contributed by atoms with Gasteiger partial charge in [0.15, 0.2) is 0 Å². The predicted octanol–water partition coefficient (Wildman–Crippen LogP) is -0.326. The Morgan fingerprint density at radius 2 is 1.95 bits per heavy atom. The summed E-state index contributed by atoms with van der Waals surface area (Å²) in [6, 6.07) is 0. The fourth-order valence-electron chi connectivity index (χ4n) is 2.14. The Bertz CT molecular complexity index is 555. The van der Waals surface area contributed by atoms with Gasteiger partial charge < -0.3 is 10.0 Å². The molecule has 7 nitrogen and oxygen atoms in total. The Labute approximate surface area is 110 Å². The van der Waals surface area contributed by atoms with Crippen molar-refractivity contribution in [3.05, 3.63) is 26.4 Å². The summed E-state index contributed by atoms with van der Waals surface area (Å²) in [6.07, 6.45) is 5.04. The van der Waals surface area contributed by atoms with Crippen LogP contribution >= 0.6 is 0 Å². The van der Waals surface area contributed by atoms with Crippen LogP contribution in [0.5, 0.6) is 5.88 Å². The molecule has 1 aliphatic heterocycles. The molecule has 0 unspecified atom stereocenters. The van der Waals surface area contributed by atoms with Gasteiger partial charge in [0.05, 0.1) is 6.54 Å². The van der Waals surface area contributed by atoms with Crippen molar-refractivity contribution >= 4 is 6.21 Å². The highest BCUT2D eigenvalue weighted by molar-refractivity contribution is 5.81. The van der Waals surface area contributed by atoms with Crippen LogP contribution < -0.4 is 11.2 Å². The van der Waals surface area contributed by atoms with Crippen LogP contribution in [0.3, 0.4) is 0 Å². The molecule has 0 aliphatic carbocycles. The standard InChI is InChI=1S/C12H18N4O3/c17-10-9(11(18)15-12(19)14-10)8-13-4-7-16-5-2-1-3-6-16/h8H,1-7H2,(H3,14,15,17,18,19). The van der Waals surface area contributed by atoms with Crippen LogP contribution in [0.1, 0.15) is 24.8 Å². The van der Waals surface area contributed by atoms with Gasteiger partial charge in [-0.15, -0.1) is 0 Å². The molecule has 0 saturated carbocycles. The molecule has 3 N–H and O–H groups in total. The normalized spacial score (nSPS) is 17.1. The number of aromatic amines is 2. The molecule has 2 rings (SSSR count). The van der Waals surface area contributed by atoms with Crippen molar-refractivity contribution < 1.29 is 5.11 Å². The minimum Gasteiger partial charge on any atom is -0.494 e. The van der Waals surface area contributed by atoms with Gasteiger partial charge in [0.1, 0.15) is 5.56 Å². The van der Waals surface area contributed by atoms with Crippen molar-refractivity contribution in [2.75, 3.05) is 26.2 Å². The summed E-state index contributed by atoms with van der Waals surface area (Å²) in [5, 5.41) is 9.44. The number of hydrogen-bond acceptors (Lipinski definition) is 5. The van der Waals surface area contributed by atoms with Crippen molar-refractivity contribution in [1.29, 1.82) is 0 Å². The minimum absolute atomic E-state index is 0.0155. The Hall–Kier alpha value is -1.89. The van der Waals surface area contributed by atoms with Gasteiger partial charge in [-0.2, -0.15) is 0 Å². The number of H-pyrrole nitrogens is 2. The molecule has 2 heterocycles. The Morgan fingerprint density at radius 1 is 1.21 bits per heavy atom. The molecule has 19 heavy (non-hydrogen) atoms. The van der Waals surface area contributed by atoms with E-state index in [0.717, 1.165) is 19.6 Å². The van der Waals surface area contributed by atoms with Gasteiger partial charge in [-0.1, -0.05) is 6.42 Å². The summed E-state index contributed by atoms with van der Waals surface area (Å²) in [5.41, 5.74) is -1.38. The number of nitrogens with one attached hydrogen (secondary N) is 2. The Kier molecular flexibility index (Phi) is 4.51. The highest BCUT2D eigenvalue weighted by Gasteiger charge is 2.09. The first-order chi connectivity index (χ1) is 9.16. The number of hydrogen-bond donors (Lipinski definition) is 3. The van der Waals surface area contributed by atoms with E-state index in [1.54, 1.807) is 0 Å². The number of likely N-dealkylation sites (tertiary alicyclic amines) is 1. The lowest BCUT2D eigenvalue weighted by Crippen LogP contribution is -2.31. The second kappa shape index (κ2) is 6.33. The van der Waals surface area contributed by atoms with E-state index in [4.69, 9.17) is 0 Å². The molecular formula is C12H18N4O3. The molecule has 0 bridgehead atoms. The largest absolute Gasteiger partial charge is 0.494 e. The van der Waals surface area contributed by atoms with Crippen LogP contribution in [0.25, 0.3) is 0 Å². The molecular weight excluding hydrogens is 248 g/mol. The quantitative estimate of drug-likeness (QED) is 0.650. The van der Waals surface area contributed by atoms with Gasteiger partial charge in [-0.05, 0) is 25.9 Å². The van der Waals surface area contributed by atoms with Crippen LogP contribution in [-0.2, 0) is 0 Å². The van der Waals surface area contributed by atoms with Gasteiger partial charge in [0, 0.05) is 12.8 Å². The van der Waals surface area contributed by atoms with E-state index in [1.807, 2.05) is 4.98 Å². The molecule has 0 atom stereocenters. The predicted molar refractivity (Wildman–Crippen MR) is 72.1 cm³/mol. The van der Waals surface area contributed by atoms with E-state index in [1.165, 1.54) is 25.5 Å². The molecule has 0 spiro atoms.